The molecule has 0 spiro atoms. The van der Waals surface area contributed by atoms with Crippen LogP contribution in [0.3, 0.4) is 0 Å². The summed E-state index contributed by atoms with van der Waals surface area (Å²) in [5.74, 6) is -1.06. The van der Waals surface area contributed by atoms with Crippen LogP contribution in [0.2, 0.25) is 0 Å². The number of anilines is 4. The average molecular weight is 507 g/mol. The molecule has 0 saturated heterocycles. The lowest BCUT2D eigenvalue weighted by molar-refractivity contribution is 0.471. The van der Waals surface area contributed by atoms with Crippen LogP contribution in [0.25, 0.3) is 10.8 Å². The molecule has 1 heterocycles. The van der Waals surface area contributed by atoms with Gasteiger partial charge in [0.1, 0.15) is 10.6 Å². The molecule has 0 amide bonds. The number of fused-ring (bicyclic) bond motifs is 1. The van der Waals surface area contributed by atoms with Crippen LogP contribution in [0, 0.1) is 6.08 Å². The summed E-state index contributed by atoms with van der Waals surface area (Å²) < 4.78 is 78.5. The third-order valence-electron chi connectivity index (χ3n) is 4.48. The summed E-state index contributed by atoms with van der Waals surface area (Å²) in [7, 11) is -9.16. The Balaban J connectivity index is 1.68. The first-order valence-electron chi connectivity index (χ1n) is 9.16. The smallest absolute Gasteiger partial charge is 0.315 e. The van der Waals surface area contributed by atoms with Crippen molar-refractivity contribution in [2.24, 2.45) is 0 Å². The van der Waals surface area contributed by atoms with E-state index in [0.29, 0.717) is 0 Å². The van der Waals surface area contributed by atoms with Crippen molar-refractivity contribution in [3.63, 3.8) is 0 Å². The van der Waals surface area contributed by atoms with Crippen molar-refractivity contribution in [3.8, 4) is 5.75 Å². The maximum atomic E-state index is 14.0. The third-order valence-corrected chi connectivity index (χ3v) is 6.22. The van der Waals surface area contributed by atoms with E-state index in [0.717, 1.165) is 18.2 Å². The van der Waals surface area contributed by atoms with E-state index in [-0.39, 0.29) is 39.8 Å². The van der Waals surface area contributed by atoms with Crippen LogP contribution in [0.15, 0.2) is 64.4 Å². The summed E-state index contributed by atoms with van der Waals surface area (Å²) in [6.07, 6.45) is -1.21. The van der Waals surface area contributed by atoms with Crippen molar-refractivity contribution in [1.82, 2.24) is 15.0 Å². The lowest BCUT2D eigenvalue weighted by atomic mass is 10.1. The molecule has 176 valence electrons. The summed E-state index contributed by atoms with van der Waals surface area (Å²) in [4.78, 5) is 9.91. The lowest BCUT2D eigenvalue weighted by Crippen LogP contribution is -2.08. The number of rotatable bonds is 6. The van der Waals surface area contributed by atoms with Crippen LogP contribution in [0.5, 0.6) is 5.75 Å². The van der Waals surface area contributed by atoms with Gasteiger partial charge in [-0.25, -0.2) is 0 Å². The molecule has 0 bridgehead atoms. The van der Waals surface area contributed by atoms with E-state index in [4.69, 9.17) is 0 Å². The number of aromatic nitrogens is 3. The molecule has 0 aliphatic carbocycles. The van der Waals surface area contributed by atoms with E-state index in [2.05, 4.69) is 25.6 Å². The van der Waals surface area contributed by atoms with E-state index < -0.39 is 36.1 Å². The second kappa shape index (κ2) is 8.45. The highest BCUT2D eigenvalue weighted by atomic mass is 32.2. The van der Waals surface area contributed by atoms with Crippen LogP contribution in [0.1, 0.15) is 0 Å². The molecule has 5 N–H and O–H groups in total. The number of para-hydroxylation sites is 1. The number of phenolic OH excluding ortho intramolecular Hbond substituents is 1. The van der Waals surface area contributed by atoms with Gasteiger partial charge in [0, 0.05) is 17.1 Å². The van der Waals surface area contributed by atoms with Gasteiger partial charge in [-0.2, -0.15) is 36.2 Å². The maximum Gasteiger partial charge on any atom is 0.315 e. The number of nitrogens with zero attached hydrogens (tertiary/aromatic N) is 3. The lowest BCUT2D eigenvalue weighted by Gasteiger charge is -2.11. The molecule has 3 aromatic carbocycles. The van der Waals surface area contributed by atoms with Gasteiger partial charge in [0.15, 0.2) is 0 Å². The maximum absolute atomic E-state index is 14.0. The van der Waals surface area contributed by atoms with Crippen molar-refractivity contribution in [1.29, 1.82) is 0 Å². The van der Waals surface area contributed by atoms with Gasteiger partial charge in [0.05, 0.1) is 10.6 Å². The number of benzene rings is 3. The van der Waals surface area contributed by atoms with Crippen LogP contribution >= 0.6 is 0 Å². The number of phenols is 1. The number of hydrogen-bond acceptors (Lipinski definition) is 10. The molecular formula is C19H14FN5O7S2. The summed E-state index contributed by atoms with van der Waals surface area (Å²) >= 11 is 0. The quantitative estimate of drug-likeness (QED) is 0.240. The third kappa shape index (κ3) is 5.01. The fraction of sp³-hybridized carbons (Fsp3) is 0. The van der Waals surface area contributed by atoms with E-state index in [1.807, 2.05) is 0 Å². The first-order valence-corrected chi connectivity index (χ1v) is 12.0. The summed E-state index contributed by atoms with van der Waals surface area (Å²) in [5.41, 5.74) is 0.148. The van der Waals surface area contributed by atoms with Gasteiger partial charge >= 0.3 is 6.08 Å². The second-order valence-electron chi connectivity index (χ2n) is 6.83. The van der Waals surface area contributed by atoms with Gasteiger partial charge in [-0.15, -0.1) is 0 Å². The van der Waals surface area contributed by atoms with Gasteiger partial charge in [-0.1, -0.05) is 12.1 Å². The Labute approximate surface area is 191 Å². The SMILES string of the molecule is O=S(=O)(O)c1cc(O)c2ccc(Nc3nc(F)nc(Nc4ccccc4S(=O)(=O)O)n3)cc2c1. The van der Waals surface area contributed by atoms with Crippen LogP contribution in [-0.4, -0.2) is 46.0 Å². The van der Waals surface area contributed by atoms with Gasteiger partial charge in [0.25, 0.3) is 20.2 Å². The first kappa shape index (κ1) is 23.2. The highest BCUT2D eigenvalue weighted by Crippen LogP contribution is 2.31. The monoisotopic (exact) mass is 507 g/mol. The first-order chi connectivity index (χ1) is 15.9. The van der Waals surface area contributed by atoms with Crippen molar-refractivity contribution in [2.75, 3.05) is 10.6 Å². The summed E-state index contributed by atoms with van der Waals surface area (Å²) in [5, 5.41) is 15.7. The number of nitrogens with one attached hydrogen (secondary N) is 2. The fourth-order valence-corrected chi connectivity index (χ4v) is 4.24. The van der Waals surface area contributed by atoms with Gasteiger partial charge < -0.3 is 15.7 Å². The Hall–Kier alpha value is -3.92. The second-order valence-corrected chi connectivity index (χ2v) is 9.64. The highest BCUT2D eigenvalue weighted by Gasteiger charge is 2.17. The molecule has 34 heavy (non-hydrogen) atoms. The van der Waals surface area contributed by atoms with E-state index in [9.17, 15) is 35.4 Å². The molecule has 0 aliphatic heterocycles. The number of hydrogen-bond donors (Lipinski definition) is 5. The Kier molecular flexibility index (Phi) is 5.78. The number of aromatic hydroxyl groups is 1. The summed E-state index contributed by atoms with van der Waals surface area (Å²) in [6, 6.07) is 11.6. The standard InChI is InChI=1S/C19H14FN5O7S2/c20-17-23-18(25-19(24-17)22-14-3-1-2-4-16(14)34(30,31)32)21-11-5-6-13-10(7-11)8-12(9-15(13)26)33(27,28)29/h1-9,26H,(H,27,28,29)(H,30,31,32)(H2,21,22,23,24,25). The molecule has 12 nitrogen and oxygen atoms in total. The van der Waals surface area contributed by atoms with Crippen LogP contribution in [-0.2, 0) is 20.2 Å². The normalized spacial score (nSPS) is 12.0. The molecule has 4 rings (SSSR count). The molecule has 0 aliphatic rings. The Morgan fingerprint density at radius 3 is 2.15 bits per heavy atom. The molecule has 0 saturated carbocycles. The van der Waals surface area contributed by atoms with Crippen molar-refractivity contribution in [3.05, 3.63) is 60.7 Å². The molecular weight excluding hydrogens is 493 g/mol. The Bertz CT molecular complexity index is 1650. The fourth-order valence-electron chi connectivity index (χ4n) is 3.06. The van der Waals surface area contributed by atoms with Gasteiger partial charge in [0.2, 0.25) is 11.9 Å². The number of halogens is 1. The van der Waals surface area contributed by atoms with E-state index in [1.165, 1.54) is 36.4 Å². The Morgan fingerprint density at radius 1 is 0.794 bits per heavy atom. The predicted molar refractivity (Wildman–Crippen MR) is 118 cm³/mol. The Morgan fingerprint density at radius 2 is 1.47 bits per heavy atom. The van der Waals surface area contributed by atoms with Gasteiger partial charge in [-0.05, 0) is 41.8 Å². The zero-order chi connectivity index (χ0) is 24.7. The van der Waals surface area contributed by atoms with Crippen LogP contribution < -0.4 is 10.6 Å². The van der Waals surface area contributed by atoms with Gasteiger partial charge in [-0.3, -0.25) is 9.11 Å². The van der Waals surface area contributed by atoms with E-state index >= 15 is 0 Å². The van der Waals surface area contributed by atoms with Crippen LogP contribution in [0.4, 0.5) is 27.7 Å². The van der Waals surface area contributed by atoms with Crippen molar-refractivity contribution in [2.45, 2.75) is 9.79 Å². The van der Waals surface area contributed by atoms with E-state index in [1.54, 1.807) is 0 Å². The topological polar surface area (TPSA) is 192 Å². The van der Waals surface area contributed by atoms with Crippen molar-refractivity contribution < 1.29 is 35.4 Å². The molecule has 15 heteroatoms. The van der Waals surface area contributed by atoms with Crippen molar-refractivity contribution >= 4 is 54.3 Å². The molecule has 0 radical (unpaired) electrons. The minimum absolute atomic E-state index is 0.111. The largest absolute Gasteiger partial charge is 0.507 e. The predicted octanol–water partition coefficient (Wildman–Crippen LogP) is 2.85. The zero-order valence-corrected chi connectivity index (χ0v) is 18.3. The highest BCUT2D eigenvalue weighted by molar-refractivity contribution is 7.86. The average Bonchev–Trinajstić information content (AvgIpc) is 2.72. The molecule has 4 aromatic rings. The molecule has 0 fully saturated rings. The minimum Gasteiger partial charge on any atom is -0.507 e. The minimum atomic E-state index is -4.58. The molecule has 1 aromatic heterocycles. The molecule has 0 atom stereocenters. The molecule has 0 unspecified atom stereocenters. The summed E-state index contributed by atoms with van der Waals surface area (Å²) in [6.45, 7) is 0. The zero-order valence-electron chi connectivity index (χ0n) is 16.7.